The third-order valence-electron chi connectivity index (χ3n) is 4.86. The lowest BCUT2D eigenvalue weighted by atomic mass is 10.1. The lowest BCUT2D eigenvalue weighted by Gasteiger charge is -2.31. The number of halogens is 2. The lowest BCUT2D eigenvalue weighted by Crippen LogP contribution is -2.50. The summed E-state index contributed by atoms with van der Waals surface area (Å²) in [5, 5.41) is 3.50. The van der Waals surface area contributed by atoms with Crippen molar-refractivity contribution in [3.63, 3.8) is 0 Å². The van der Waals surface area contributed by atoms with Gasteiger partial charge in [-0.3, -0.25) is 9.59 Å². The number of hydrogen-bond donors (Lipinski definition) is 1. The summed E-state index contributed by atoms with van der Waals surface area (Å²) in [5.74, 6) is 0.477. The van der Waals surface area contributed by atoms with Crippen LogP contribution in [-0.2, 0) is 16.1 Å². The van der Waals surface area contributed by atoms with Gasteiger partial charge in [-0.2, -0.15) is 0 Å². The van der Waals surface area contributed by atoms with Gasteiger partial charge in [0.25, 0.3) is 5.91 Å². The second-order valence-corrected chi connectivity index (χ2v) is 9.14. The van der Waals surface area contributed by atoms with E-state index in [1.54, 1.807) is 17.0 Å². The summed E-state index contributed by atoms with van der Waals surface area (Å²) in [4.78, 5) is 27.6. The van der Waals surface area contributed by atoms with Crippen LogP contribution >= 0.6 is 27.5 Å². The Morgan fingerprint density at radius 1 is 1.19 bits per heavy atom. The molecule has 0 aliphatic carbocycles. The minimum absolute atomic E-state index is 0.167. The van der Waals surface area contributed by atoms with Crippen molar-refractivity contribution in [2.45, 2.75) is 46.7 Å². The Bertz CT molecular complexity index is 904. The summed E-state index contributed by atoms with van der Waals surface area (Å²) in [6.07, 6.45) is 0.484. The Balaban J connectivity index is 2.22. The number of hydrogen-bond acceptors (Lipinski definition) is 3. The van der Waals surface area contributed by atoms with Crippen molar-refractivity contribution in [2.24, 2.45) is 5.92 Å². The van der Waals surface area contributed by atoms with E-state index in [2.05, 4.69) is 21.2 Å². The second-order valence-electron chi connectivity index (χ2n) is 7.88. The van der Waals surface area contributed by atoms with E-state index >= 15 is 0 Å². The number of rotatable bonds is 10. The van der Waals surface area contributed by atoms with E-state index in [0.29, 0.717) is 29.7 Å². The molecule has 5 nitrogen and oxygen atoms in total. The molecule has 0 saturated heterocycles. The van der Waals surface area contributed by atoms with Crippen LogP contribution in [0.3, 0.4) is 0 Å². The van der Waals surface area contributed by atoms with Gasteiger partial charge in [-0.15, -0.1) is 0 Å². The summed E-state index contributed by atoms with van der Waals surface area (Å²) in [5.41, 5.74) is 1.80. The Morgan fingerprint density at radius 2 is 1.90 bits per heavy atom. The van der Waals surface area contributed by atoms with E-state index in [1.807, 2.05) is 58.0 Å². The first-order valence-electron chi connectivity index (χ1n) is 10.4. The van der Waals surface area contributed by atoms with Crippen LogP contribution in [0.4, 0.5) is 0 Å². The van der Waals surface area contributed by atoms with Gasteiger partial charge in [0, 0.05) is 22.6 Å². The van der Waals surface area contributed by atoms with Gasteiger partial charge in [0.2, 0.25) is 5.91 Å². The molecule has 0 saturated carbocycles. The number of nitrogens with zero attached hydrogens (tertiary/aromatic N) is 1. The molecule has 0 aliphatic heterocycles. The Kier molecular flexibility index (Phi) is 9.85. The molecule has 2 aromatic rings. The molecule has 31 heavy (non-hydrogen) atoms. The van der Waals surface area contributed by atoms with Crippen molar-refractivity contribution in [2.75, 3.05) is 13.2 Å². The average Bonchev–Trinajstić information content (AvgIpc) is 2.74. The SMILES string of the molecule is CC[C@@H](C(=O)NCC(C)C)N(Cc1ccccc1Cl)C(=O)COc1ccc(Br)c(C)c1. The third-order valence-corrected chi connectivity index (χ3v) is 6.12. The predicted molar refractivity (Wildman–Crippen MR) is 128 cm³/mol. The van der Waals surface area contributed by atoms with Crippen LogP contribution in [0.1, 0.15) is 38.3 Å². The summed E-state index contributed by atoms with van der Waals surface area (Å²) in [6, 6.07) is 12.3. The maximum atomic E-state index is 13.2. The fourth-order valence-corrected chi connectivity index (χ4v) is 3.53. The zero-order chi connectivity index (χ0) is 23.0. The molecule has 1 N–H and O–H groups in total. The molecule has 0 fully saturated rings. The van der Waals surface area contributed by atoms with E-state index in [0.717, 1.165) is 15.6 Å². The maximum Gasteiger partial charge on any atom is 0.261 e. The quantitative estimate of drug-likeness (QED) is 0.468. The smallest absolute Gasteiger partial charge is 0.261 e. The van der Waals surface area contributed by atoms with Crippen molar-refractivity contribution >= 4 is 39.3 Å². The molecule has 1 atom stereocenters. The maximum absolute atomic E-state index is 13.2. The normalized spacial score (nSPS) is 11.8. The molecule has 0 bridgehead atoms. The van der Waals surface area contributed by atoms with Gasteiger partial charge >= 0.3 is 0 Å². The number of amides is 2. The van der Waals surface area contributed by atoms with Gasteiger partial charge in [0.05, 0.1) is 0 Å². The highest BCUT2D eigenvalue weighted by atomic mass is 79.9. The Hall–Kier alpha value is -2.05. The Labute approximate surface area is 198 Å². The fraction of sp³-hybridized carbons (Fsp3) is 0.417. The van der Waals surface area contributed by atoms with Crippen LogP contribution in [-0.4, -0.2) is 35.9 Å². The van der Waals surface area contributed by atoms with Crippen molar-refractivity contribution in [1.29, 1.82) is 0 Å². The third kappa shape index (κ3) is 7.54. The molecule has 0 aliphatic rings. The minimum atomic E-state index is -0.613. The number of ether oxygens (including phenoxy) is 1. The van der Waals surface area contributed by atoms with Crippen LogP contribution in [0.5, 0.6) is 5.75 Å². The van der Waals surface area contributed by atoms with E-state index in [9.17, 15) is 9.59 Å². The summed E-state index contributed by atoms with van der Waals surface area (Å²) >= 11 is 9.79. The molecule has 0 heterocycles. The summed E-state index contributed by atoms with van der Waals surface area (Å²) < 4.78 is 6.72. The van der Waals surface area contributed by atoms with Gasteiger partial charge in [0.1, 0.15) is 11.8 Å². The van der Waals surface area contributed by atoms with Crippen LogP contribution in [0.25, 0.3) is 0 Å². The van der Waals surface area contributed by atoms with E-state index < -0.39 is 6.04 Å². The van der Waals surface area contributed by atoms with Gasteiger partial charge in [0.15, 0.2) is 6.61 Å². The van der Waals surface area contributed by atoms with Gasteiger partial charge in [-0.05, 0) is 54.7 Å². The second kappa shape index (κ2) is 12.1. The monoisotopic (exact) mass is 508 g/mol. The molecule has 0 unspecified atom stereocenters. The summed E-state index contributed by atoms with van der Waals surface area (Å²) in [7, 11) is 0. The highest BCUT2D eigenvalue weighted by molar-refractivity contribution is 9.10. The van der Waals surface area contributed by atoms with E-state index in [1.165, 1.54) is 0 Å². The lowest BCUT2D eigenvalue weighted by molar-refractivity contribution is -0.143. The van der Waals surface area contributed by atoms with Crippen molar-refractivity contribution in [1.82, 2.24) is 10.2 Å². The highest BCUT2D eigenvalue weighted by Gasteiger charge is 2.29. The highest BCUT2D eigenvalue weighted by Crippen LogP contribution is 2.23. The van der Waals surface area contributed by atoms with E-state index in [-0.39, 0.29) is 25.0 Å². The number of benzene rings is 2. The number of carbonyl (C=O) groups is 2. The number of aryl methyl sites for hydroxylation is 1. The predicted octanol–water partition coefficient (Wildman–Crippen LogP) is 5.37. The average molecular weight is 510 g/mol. The van der Waals surface area contributed by atoms with Crippen molar-refractivity contribution < 1.29 is 14.3 Å². The van der Waals surface area contributed by atoms with Crippen LogP contribution < -0.4 is 10.1 Å². The number of nitrogens with one attached hydrogen (secondary N) is 1. The Morgan fingerprint density at radius 3 is 2.52 bits per heavy atom. The molecular formula is C24H30BrClN2O3. The van der Waals surface area contributed by atoms with Crippen LogP contribution in [0, 0.1) is 12.8 Å². The standard InChI is InChI=1S/C24H30BrClN2O3/c1-5-22(24(30)27-13-16(2)3)28(14-18-8-6-7-9-21(18)26)23(29)15-31-19-10-11-20(25)17(4)12-19/h6-12,16,22H,5,13-15H2,1-4H3,(H,27,30)/t22-/m0/s1. The van der Waals surface area contributed by atoms with Gasteiger partial charge in [-0.1, -0.05) is 66.5 Å². The number of carbonyl (C=O) groups excluding carboxylic acids is 2. The first-order valence-corrected chi connectivity index (χ1v) is 11.6. The molecule has 2 aromatic carbocycles. The van der Waals surface area contributed by atoms with Gasteiger partial charge < -0.3 is 15.0 Å². The first-order chi connectivity index (χ1) is 14.7. The topological polar surface area (TPSA) is 58.6 Å². The molecule has 2 amide bonds. The summed E-state index contributed by atoms with van der Waals surface area (Å²) in [6.45, 7) is 8.52. The zero-order valence-electron chi connectivity index (χ0n) is 18.5. The molecule has 2 rings (SSSR count). The zero-order valence-corrected chi connectivity index (χ0v) is 20.8. The fourth-order valence-electron chi connectivity index (χ4n) is 3.09. The molecule has 0 aromatic heterocycles. The minimum Gasteiger partial charge on any atom is -0.484 e. The van der Waals surface area contributed by atoms with Crippen molar-refractivity contribution in [3.05, 3.63) is 63.1 Å². The van der Waals surface area contributed by atoms with E-state index in [4.69, 9.17) is 16.3 Å². The molecular weight excluding hydrogens is 480 g/mol. The van der Waals surface area contributed by atoms with Crippen molar-refractivity contribution in [3.8, 4) is 5.75 Å². The molecule has 0 radical (unpaired) electrons. The van der Waals surface area contributed by atoms with Crippen LogP contribution in [0.2, 0.25) is 5.02 Å². The first kappa shape index (κ1) is 25.2. The van der Waals surface area contributed by atoms with Gasteiger partial charge in [-0.25, -0.2) is 0 Å². The molecule has 7 heteroatoms. The largest absolute Gasteiger partial charge is 0.484 e. The molecule has 168 valence electrons. The van der Waals surface area contributed by atoms with Crippen LogP contribution in [0.15, 0.2) is 46.9 Å². The molecule has 0 spiro atoms.